The average molecular weight is 313 g/mol. The number of nitrogens with one attached hydrogen (secondary N) is 1. The molecule has 0 unspecified atom stereocenters. The molecule has 0 radical (unpaired) electrons. The molecule has 1 N–H and O–H groups in total. The van der Waals surface area contributed by atoms with E-state index in [1.54, 1.807) is 11.3 Å². The third kappa shape index (κ3) is 4.74. The third-order valence-electron chi connectivity index (χ3n) is 3.50. The largest absolute Gasteiger partial charge is 0.357 e. The van der Waals surface area contributed by atoms with Crippen LogP contribution in [0.15, 0.2) is 4.34 Å². The third-order valence-corrected chi connectivity index (χ3v) is 5.49. The molecule has 1 fully saturated rings. The molecule has 2 rings (SSSR count). The predicted octanol–water partition coefficient (Wildman–Crippen LogP) is 3.99. The summed E-state index contributed by atoms with van der Waals surface area (Å²) in [6.45, 7) is 5.85. The van der Waals surface area contributed by atoms with Gasteiger partial charge in [-0.3, -0.25) is 4.79 Å². The highest BCUT2D eigenvalue weighted by atomic mass is 32.2. The molecule has 4 nitrogen and oxygen atoms in total. The lowest BCUT2D eigenvalue weighted by Gasteiger charge is -2.21. The van der Waals surface area contributed by atoms with E-state index in [0.29, 0.717) is 11.8 Å². The molecule has 1 aromatic rings. The van der Waals surface area contributed by atoms with Crippen molar-refractivity contribution >= 4 is 34.0 Å². The zero-order chi connectivity index (χ0) is 14.6. The molecule has 0 atom stereocenters. The lowest BCUT2D eigenvalue weighted by molar-refractivity contribution is -0.123. The van der Waals surface area contributed by atoms with Crippen LogP contribution >= 0.6 is 23.1 Å². The van der Waals surface area contributed by atoms with Gasteiger partial charge in [-0.1, -0.05) is 63.1 Å². The van der Waals surface area contributed by atoms with Crippen molar-refractivity contribution in [2.24, 2.45) is 5.41 Å². The number of thioether (sulfide) groups is 1. The van der Waals surface area contributed by atoms with Gasteiger partial charge in [0.15, 0.2) is 4.34 Å². The Morgan fingerprint density at radius 3 is 2.65 bits per heavy atom. The fourth-order valence-electron chi connectivity index (χ4n) is 2.09. The summed E-state index contributed by atoms with van der Waals surface area (Å²) in [5.41, 5.74) is -0.277. The highest BCUT2D eigenvalue weighted by Gasteiger charge is 2.22. The van der Waals surface area contributed by atoms with Crippen molar-refractivity contribution in [2.75, 3.05) is 11.1 Å². The van der Waals surface area contributed by atoms with Crippen molar-refractivity contribution in [3.05, 3.63) is 0 Å². The first-order valence-electron chi connectivity index (χ1n) is 7.21. The maximum Gasteiger partial charge on any atom is 0.206 e. The Hall–Kier alpha value is -0.620. The molecule has 0 amide bonds. The van der Waals surface area contributed by atoms with Gasteiger partial charge in [0.25, 0.3) is 0 Å². The number of anilines is 1. The molecule has 1 heterocycles. The van der Waals surface area contributed by atoms with Gasteiger partial charge in [0, 0.05) is 11.5 Å². The van der Waals surface area contributed by atoms with Crippen LogP contribution in [0.3, 0.4) is 0 Å². The summed E-state index contributed by atoms with van der Waals surface area (Å²) in [6.07, 6.45) is 6.41. The van der Waals surface area contributed by atoms with Gasteiger partial charge in [-0.2, -0.15) is 0 Å². The number of carbonyl (C=O) groups excluding carboxylic acids is 1. The monoisotopic (exact) mass is 313 g/mol. The molecule has 0 aromatic carbocycles. The molecule has 20 heavy (non-hydrogen) atoms. The van der Waals surface area contributed by atoms with Gasteiger partial charge in [0.2, 0.25) is 5.13 Å². The number of aromatic nitrogens is 2. The lowest BCUT2D eigenvalue weighted by Crippen LogP contribution is -2.22. The van der Waals surface area contributed by atoms with Crippen molar-refractivity contribution in [3.8, 4) is 0 Å². The molecule has 112 valence electrons. The van der Waals surface area contributed by atoms with Gasteiger partial charge in [-0.15, -0.1) is 10.2 Å². The Morgan fingerprint density at radius 2 is 2.00 bits per heavy atom. The zero-order valence-corrected chi connectivity index (χ0v) is 14.1. The number of rotatable bonds is 5. The molecular formula is C14H23N3OS2. The van der Waals surface area contributed by atoms with E-state index >= 15 is 0 Å². The first kappa shape index (κ1) is 15.8. The highest BCUT2D eigenvalue weighted by molar-refractivity contribution is 8.01. The molecule has 1 aromatic heterocycles. The van der Waals surface area contributed by atoms with E-state index in [2.05, 4.69) is 15.5 Å². The van der Waals surface area contributed by atoms with Crippen LogP contribution < -0.4 is 5.32 Å². The number of Topliss-reactive ketones (excluding diaryl/α,β-unsaturated/α-hetero) is 1. The normalized spacial score (nSPS) is 17.1. The van der Waals surface area contributed by atoms with Crippen molar-refractivity contribution in [2.45, 2.75) is 63.3 Å². The number of nitrogens with zero attached hydrogens (tertiary/aromatic N) is 2. The summed E-state index contributed by atoms with van der Waals surface area (Å²) in [4.78, 5) is 11.9. The molecular weight excluding hydrogens is 290 g/mol. The van der Waals surface area contributed by atoms with Gasteiger partial charge in [-0.05, 0) is 12.8 Å². The first-order valence-corrected chi connectivity index (χ1v) is 9.01. The van der Waals surface area contributed by atoms with E-state index in [-0.39, 0.29) is 11.2 Å². The van der Waals surface area contributed by atoms with Crippen LogP contribution in [-0.4, -0.2) is 27.8 Å². The summed E-state index contributed by atoms with van der Waals surface area (Å²) in [5, 5.41) is 12.7. The fourth-order valence-corrected chi connectivity index (χ4v) is 4.08. The van der Waals surface area contributed by atoms with Crippen molar-refractivity contribution in [1.29, 1.82) is 0 Å². The minimum Gasteiger partial charge on any atom is -0.357 e. The minimum atomic E-state index is -0.277. The topological polar surface area (TPSA) is 54.9 Å². The van der Waals surface area contributed by atoms with Crippen LogP contribution in [0, 0.1) is 5.41 Å². The van der Waals surface area contributed by atoms with Crippen molar-refractivity contribution < 1.29 is 4.79 Å². The van der Waals surface area contributed by atoms with Crippen LogP contribution in [0.2, 0.25) is 0 Å². The maximum atomic E-state index is 11.9. The fraction of sp³-hybridized carbons (Fsp3) is 0.786. The molecule has 0 bridgehead atoms. The lowest BCUT2D eigenvalue weighted by atomic mass is 9.92. The van der Waals surface area contributed by atoms with Gasteiger partial charge in [0.05, 0.1) is 5.75 Å². The standard InChI is InChI=1S/C14H23N3OS2/c1-14(2,3)11(18)9-19-13-17-16-12(20-13)15-10-7-5-4-6-8-10/h10H,4-9H2,1-3H3,(H,15,16). The Balaban J connectivity index is 1.81. The van der Waals surface area contributed by atoms with Crippen molar-refractivity contribution in [3.63, 3.8) is 0 Å². The quantitative estimate of drug-likeness (QED) is 0.833. The summed E-state index contributed by atoms with van der Waals surface area (Å²) >= 11 is 3.05. The second-order valence-corrected chi connectivity index (χ2v) is 8.51. The van der Waals surface area contributed by atoms with Gasteiger partial charge >= 0.3 is 0 Å². The number of carbonyl (C=O) groups is 1. The van der Waals surface area contributed by atoms with Crippen LogP contribution in [0.1, 0.15) is 52.9 Å². The Kier molecular flexibility index (Phi) is 5.43. The number of hydrogen-bond donors (Lipinski definition) is 1. The predicted molar refractivity (Wildman–Crippen MR) is 85.6 cm³/mol. The molecule has 0 spiro atoms. The SMILES string of the molecule is CC(C)(C)C(=O)CSc1nnc(NC2CCCCC2)s1. The van der Waals surface area contributed by atoms with Crippen LogP contribution in [-0.2, 0) is 4.79 Å². The first-order chi connectivity index (χ1) is 9.45. The molecule has 6 heteroatoms. The number of ketones is 1. The highest BCUT2D eigenvalue weighted by Crippen LogP contribution is 2.29. The minimum absolute atomic E-state index is 0.250. The maximum absolute atomic E-state index is 11.9. The molecule has 1 saturated carbocycles. The molecule has 1 aliphatic carbocycles. The van der Waals surface area contributed by atoms with Crippen molar-refractivity contribution in [1.82, 2.24) is 10.2 Å². The molecule has 0 aliphatic heterocycles. The van der Waals surface area contributed by atoms with Gasteiger partial charge in [0.1, 0.15) is 5.78 Å². The van der Waals surface area contributed by atoms with E-state index in [1.165, 1.54) is 43.9 Å². The van der Waals surface area contributed by atoms with E-state index < -0.39 is 0 Å². The zero-order valence-electron chi connectivity index (χ0n) is 12.4. The van der Waals surface area contributed by atoms with E-state index in [1.807, 2.05) is 20.8 Å². The summed E-state index contributed by atoms with van der Waals surface area (Å²) in [7, 11) is 0. The summed E-state index contributed by atoms with van der Waals surface area (Å²) in [5.74, 6) is 0.723. The van der Waals surface area contributed by atoms with Gasteiger partial charge < -0.3 is 5.32 Å². The van der Waals surface area contributed by atoms with E-state index in [9.17, 15) is 4.79 Å². The molecule has 1 aliphatic rings. The Morgan fingerprint density at radius 1 is 1.30 bits per heavy atom. The number of hydrogen-bond acceptors (Lipinski definition) is 6. The Bertz CT molecular complexity index is 448. The van der Waals surface area contributed by atoms with E-state index in [4.69, 9.17) is 0 Å². The van der Waals surface area contributed by atoms with Crippen LogP contribution in [0.4, 0.5) is 5.13 Å². The average Bonchev–Trinajstić information content (AvgIpc) is 2.83. The Labute approximate surface area is 129 Å². The second-order valence-electron chi connectivity index (χ2n) is 6.31. The van der Waals surface area contributed by atoms with E-state index in [0.717, 1.165) is 9.47 Å². The summed E-state index contributed by atoms with van der Waals surface area (Å²) < 4.78 is 0.876. The molecule has 0 saturated heterocycles. The summed E-state index contributed by atoms with van der Waals surface area (Å²) in [6, 6.07) is 0.547. The second kappa shape index (κ2) is 6.89. The smallest absolute Gasteiger partial charge is 0.206 e. The van der Waals surface area contributed by atoms with Gasteiger partial charge in [-0.25, -0.2) is 0 Å². The van der Waals surface area contributed by atoms with Crippen LogP contribution in [0.25, 0.3) is 0 Å². The van der Waals surface area contributed by atoms with Crippen LogP contribution in [0.5, 0.6) is 0 Å².